The summed E-state index contributed by atoms with van der Waals surface area (Å²) < 4.78 is 25.5. The lowest BCUT2D eigenvalue weighted by atomic mass is 10.3. The molecule has 0 saturated carbocycles. The zero-order valence-corrected chi connectivity index (χ0v) is 10.7. The van der Waals surface area contributed by atoms with Gasteiger partial charge in [-0.15, -0.1) is 0 Å². The van der Waals surface area contributed by atoms with Crippen molar-refractivity contribution in [1.82, 2.24) is 4.72 Å². The van der Waals surface area contributed by atoms with Crippen LogP contribution in [-0.2, 0) is 14.8 Å². The molecule has 1 aromatic rings. The highest BCUT2D eigenvalue weighted by molar-refractivity contribution is 7.89. The Bertz CT molecular complexity index is 536. The normalized spacial score (nSPS) is 11.4. The lowest BCUT2D eigenvalue weighted by Crippen LogP contribution is -2.33. The number of sulfonamides is 1. The second-order valence-corrected chi connectivity index (χ2v) is 5.64. The minimum Gasteiger partial charge on any atom is -0.398 e. The van der Waals surface area contributed by atoms with Gasteiger partial charge in [0.25, 0.3) is 0 Å². The second-order valence-electron chi connectivity index (χ2n) is 3.10. The van der Waals surface area contributed by atoms with E-state index in [0.29, 0.717) is 0 Å². The Kier molecular flexibility index (Phi) is 4.21. The number of amides is 1. The molecule has 0 spiro atoms. The van der Waals surface area contributed by atoms with E-state index >= 15 is 0 Å². The molecule has 0 atom stereocenters. The van der Waals surface area contributed by atoms with Gasteiger partial charge in [-0.05, 0) is 12.1 Å². The summed E-state index contributed by atoms with van der Waals surface area (Å²) in [5.74, 6) is -0.822. The fraction of sp³-hybridized carbons (Fsp3) is 0.125. The number of benzene rings is 1. The van der Waals surface area contributed by atoms with E-state index in [-0.39, 0.29) is 20.6 Å². The number of nitrogens with one attached hydrogen (secondary N) is 1. The van der Waals surface area contributed by atoms with Crippen molar-refractivity contribution >= 4 is 44.8 Å². The Morgan fingerprint density at radius 3 is 2.41 bits per heavy atom. The van der Waals surface area contributed by atoms with Crippen LogP contribution in [0.1, 0.15) is 0 Å². The van der Waals surface area contributed by atoms with Gasteiger partial charge in [-0.1, -0.05) is 23.2 Å². The van der Waals surface area contributed by atoms with Crippen LogP contribution >= 0.6 is 23.2 Å². The third-order valence-corrected chi connectivity index (χ3v) is 3.89. The number of nitrogen functional groups attached to an aromatic ring is 1. The molecule has 0 radical (unpaired) electrons. The van der Waals surface area contributed by atoms with Crippen LogP contribution < -0.4 is 16.2 Å². The Balaban J connectivity index is 3.20. The van der Waals surface area contributed by atoms with Crippen LogP contribution in [0.4, 0.5) is 5.69 Å². The molecule has 5 N–H and O–H groups in total. The van der Waals surface area contributed by atoms with Crippen molar-refractivity contribution in [1.29, 1.82) is 0 Å². The zero-order valence-electron chi connectivity index (χ0n) is 8.41. The first-order valence-corrected chi connectivity index (χ1v) is 6.50. The molecule has 9 heteroatoms. The number of nitrogens with two attached hydrogens (primary N) is 2. The Hall–Kier alpha value is -1.02. The minimum atomic E-state index is -4.00. The quantitative estimate of drug-likeness (QED) is 0.695. The van der Waals surface area contributed by atoms with Crippen LogP contribution in [0, 0.1) is 0 Å². The highest BCUT2D eigenvalue weighted by atomic mass is 35.5. The van der Waals surface area contributed by atoms with Crippen LogP contribution in [0.3, 0.4) is 0 Å². The monoisotopic (exact) mass is 297 g/mol. The molecule has 0 saturated heterocycles. The van der Waals surface area contributed by atoms with Gasteiger partial charge in [-0.25, -0.2) is 13.1 Å². The summed E-state index contributed by atoms with van der Waals surface area (Å²) in [5.41, 5.74) is 10.2. The van der Waals surface area contributed by atoms with Crippen molar-refractivity contribution in [2.24, 2.45) is 5.73 Å². The van der Waals surface area contributed by atoms with E-state index in [9.17, 15) is 13.2 Å². The molecule has 94 valence electrons. The molecule has 1 amide bonds. The summed E-state index contributed by atoms with van der Waals surface area (Å²) in [6.07, 6.45) is 0. The van der Waals surface area contributed by atoms with E-state index < -0.39 is 22.5 Å². The van der Waals surface area contributed by atoms with Crippen LogP contribution in [0.15, 0.2) is 17.0 Å². The second kappa shape index (κ2) is 5.09. The minimum absolute atomic E-state index is 0.112. The number of anilines is 1. The number of hydrogen-bond acceptors (Lipinski definition) is 4. The van der Waals surface area contributed by atoms with E-state index in [4.69, 9.17) is 34.7 Å². The fourth-order valence-corrected chi connectivity index (χ4v) is 3.08. The molecule has 0 aliphatic carbocycles. The summed E-state index contributed by atoms with van der Waals surface area (Å²) >= 11 is 11.4. The van der Waals surface area contributed by atoms with E-state index in [2.05, 4.69) is 0 Å². The maximum Gasteiger partial charge on any atom is 0.244 e. The molecule has 0 aromatic heterocycles. The predicted octanol–water partition coefficient (Wildman–Crippen LogP) is 0.339. The number of rotatable bonds is 4. The van der Waals surface area contributed by atoms with Crippen LogP contribution in [0.5, 0.6) is 0 Å². The van der Waals surface area contributed by atoms with Gasteiger partial charge in [0.15, 0.2) is 0 Å². The molecule has 0 aliphatic heterocycles. The van der Waals surface area contributed by atoms with Crippen molar-refractivity contribution in [3.63, 3.8) is 0 Å². The van der Waals surface area contributed by atoms with Crippen molar-refractivity contribution in [2.45, 2.75) is 4.90 Å². The Labute approximate surface area is 108 Å². The molecule has 6 nitrogen and oxygen atoms in total. The van der Waals surface area contributed by atoms with Gasteiger partial charge in [0.1, 0.15) is 4.90 Å². The number of hydrogen-bond donors (Lipinski definition) is 3. The number of primary amides is 1. The molecule has 0 unspecified atom stereocenters. The third-order valence-electron chi connectivity index (χ3n) is 1.74. The van der Waals surface area contributed by atoms with Crippen molar-refractivity contribution in [2.75, 3.05) is 12.3 Å². The summed E-state index contributed by atoms with van der Waals surface area (Å²) in [7, 11) is -4.00. The molecule has 0 fully saturated rings. The van der Waals surface area contributed by atoms with E-state index in [1.807, 2.05) is 4.72 Å². The van der Waals surface area contributed by atoms with Crippen LogP contribution in [0.25, 0.3) is 0 Å². The van der Waals surface area contributed by atoms with Gasteiger partial charge < -0.3 is 11.5 Å². The largest absolute Gasteiger partial charge is 0.398 e. The molecule has 0 heterocycles. The molecule has 0 bridgehead atoms. The van der Waals surface area contributed by atoms with Gasteiger partial charge in [-0.3, -0.25) is 4.79 Å². The van der Waals surface area contributed by atoms with Crippen molar-refractivity contribution in [3.05, 3.63) is 22.2 Å². The standard InChI is InChI=1S/C8H9Cl2N3O3S/c9-4-1-5(10)8(6(11)2-4)17(15,16)13-3-7(12)14/h1-2,13H,3,11H2,(H2,12,14). The molecule has 17 heavy (non-hydrogen) atoms. The van der Waals surface area contributed by atoms with E-state index in [0.717, 1.165) is 0 Å². The highest BCUT2D eigenvalue weighted by Gasteiger charge is 2.22. The number of carbonyl (C=O) groups is 1. The molecule has 0 aliphatic rings. The van der Waals surface area contributed by atoms with Gasteiger partial charge in [0.2, 0.25) is 15.9 Å². The zero-order chi connectivity index (χ0) is 13.2. The predicted molar refractivity (Wildman–Crippen MR) is 65.3 cm³/mol. The number of halogens is 2. The van der Waals surface area contributed by atoms with Gasteiger partial charge >= 0.3 is 0 Å². The SMILES string of the molecule is NC(=O)CNS(=O)(=O)c1c(N)cc(Cl)cc1Cl. The Morgan fingerprint density at radius 2 is 1.94 bits per heavy atom. The molecule has 1 aromatic carbocycles. The first-order valence-electron chi connectivity index (χ1n) is 4.26. The number of carbonyl (C=O) groups excluding carboxylic acids is 1. The average molecular weight is 298 g/mol. The van der Waals surface area contributed by atoms with Crippen LogP contribution in [0.2, 0.25) is 10.0 Å². The lowest BCUT2D eigenvalue weighted by Gasteiger charge is -2.10. The highest BCUT2D eigenvalue weighted by Crippen LogP contribution is 2.30. The van der Waals surface area contributed by atoms with Gasteiger partial charge in [-0.2, -0.15) is 0 Å². The summed E-state index contributed by atoms with van der Waals surface area (Å²) in [4.78, 5) is 10.2. The first kappa shape index (κ1) is 14.0. The molecular formula is C8H9Cl2N3O3S. The van der Waals surface area contributed by atoms with Crippen molar-refractivity contribution in [3.8, 4) is 0 Å². The summed E-state index contributed by atoms with van der Waals surface area (Å²) in [6.45, 7) is -0.541. The summed E-state index contributed by atoms with van der Waals surface area (Å²) in [5, 5.41) is 0.0771. The molecular weight excluding hydrogens is 289 g/mol. The smallest absolute Gasteiger partial charge is 0.244 e. The van der Waals surface area contributed by atoms with E-state index in [1.54, 1.807) is 0 Å². The van der Waals surface area contributed by atoms with E-state index in [1.165, 1.54) is 12.1 Å². The van der Waals surface area contributed by atoms with Crippen LogP contribution in [-0.4, -0.2) is 20.9 Å². The Morgan fingerprint density at radius 1 is 1.35 bits per heavy atom. The van der Waals surface area contributed by atoms with Gasteiger partial charge in [0.05, 0.1) is 17.3 Å². The van der Waals surface area contributed by atoms with Crippen molar-refractivity contribution < 1.29 is 13.2 Å². The maximum atomic E-state index is 11.8. The maximum absolute atomic E-state index is 11.8. The van der Waals surface area contributed by atoms with Gasteiger partial charge in [0, 0.05) is 5.02 Å². The fourth-order valence-electron chi connectivity index (χ4n) is 1.10. The first-order chi connectivity index (χ1) is 7.74. The lowest BCUT2D eigenvalue weighted by molar-refractivity contribution is -0.116. The average Bonchev–Trinajstić information content (AvgIpc) is 2.12. The summed E-state index contributed by atoms with van der Waals surface area (Å²) in [6, 6.07) is 2.48. The topological polar surface area (TPSA) is 115 Å². The third kappa shape index (κ3) is 3.47. The molecule has 1 rings (SSSR count).